The highest BCUT2D eigenvalue weighted by atomic mass is 28.4. The zero-order chi connectivity index (χ0) is 15.3. The summed E-state index contributed by atoms with van der Waals surface area (Å²) in [4.78, 5) is 0. The van der Waals surface area contributed by atoms with Crippen molar-refractivity contribution in [3.63, 3.8) is 0 Å². The van der Waals surface area contributed by atoms with Crippen LogP contribution in [0.5, 0.6) is 0 Å². The topological polar surface area (TPSA) is 70.5 Å². The van der Waals surface area contributed by atoms with Crippen molar-refractivity contribution >= 4 is 8.56 Å². The molecule has 0 aromatic heterocycles. The number of rotatable bonds is 14. The molecule has 20 heavy (non-hydrogen) atoms. The molecule has 0 aromatic carbocycles. The summed E-state index contributed by atoms with van der Waals surface area (Å²) >= 11 is 0. The van der Waals surface area contributed by atoms with Gasteiger partial charge in [-0.3, -0.25) is 0 Å². The van der Waals surface area contributed by atoms with Gasteiger partial charge in [0.05, 0.1) is 0 Å². The van der Waals surface area contributed by atoms with Crippen molar-refractivity contribution in [3.8, 4) is 0 Å². The number of nitrogens with two attached hydrogens (primary N) is 2. The quantitative estimate of drug-likeness (QED) is 0.382. The van der Waals surface area contributed by atoms with Crippen LogP contribution in [0, 0.1) is 0 Å². The van der Waals surface area contributed by atoms with Gasteiger partial charge in [-0.1, -0.05) is 33.6 Å². The molecule has 2 unspecified atom stereocenters. The van der Waals surface area contributed by atoms with Crippen LogP contribution in [-0.4, -0.2) is 34.4 Å². The molecule has 0 spiro atoms. The minimum atomic E-state index is -2.10. The van der Waals surface area contributed by atoms with Crippen molar-refractivity contribution in [3.05, 3.63) is 0 Å². The Hall–Kier alpha value is 0.0569. The highest BCUT2D eigenvalue weighted by molar-refractivity contribution is 6.67. The first-order chi connectivity index (χ1) is 9.67. The molecule has 0 aliphatic carbocycles. The zero-order valence-corrected chi connectivity index (χ0v) is 14.8. The highest BCUT2D eigenvalue weighted by Crippen LogP contribution is 2.25. The third-order valence-electron chi connectivity index (χ3n) is 3.64. The third-order valence-corrected chi connectivity index (χ3v) is 7.33. The molecule has 0 aliphatic rings. The molecule has 0 saturated heterocycles. The van der Waals surface area contributed by atoms with Crippen LogP contribution in [0.4, 0.5) is 0 Å². The van der Waals surface area contributed by atoms with Crippen molar-refractivity contribution in [1.82, 2.24) is 0 Å². The summed E-state index contributed by atoms with van der Waals surface area (Å²) in [6, 6.07) is 2.01. The predicted octanol–water partition coefficient (Wildman–Crippen LogP) is 3.15. The molecule has 0 bridgehead atoms. The Balaban J connectivity index is 4.65. The van der Waals surface area contributed by atoms with Gasteiger partial charge in [-0.2, -0.15) is 0 Å². The second-order valence-corrected chi connectivity index (χ2v) is 9.02. The molecule has 2 atom stereocenters. The minimum absolute atomic E-state index is 0.260. The van der Waals surface area contributed by atoms with Crippen molar-refractivity contribution in [2.24, 2.45) is 11.5 Å². The van der Waals surface area contributed by atoms with Crippen LogP contribution >= 0.6 is 0 Å². The fraction of sp³-hybridized carbons (Fsp3) is 1.00. The summed E-state index contributed by atoms with van der Waals surface area (Å²) < 4.78 is 12.8. The first-order valence-corrected chi connectivity index (χ1v) is 10.6. The van der Waals surface area contributed by atoms with E-state index in [1.54, 1.807) is 0 Å². The first kappa shape index (κ1) is 20.1. The lowest BCUT2D eigenvalue weighted by Crippen LogP contribution is -2.45. The fourth-order valence-corrected chi connectivity index (χ4v) is 5.53. The number of unbranched alkanes of at least 4 members (excludes halogenated alkanes) is 1. The molecule has 0 heterocycles. The van der Waals surface area contributed by atoms with E-state index < -0.39 is 8.56 Å². The van der Waals surface area contributed by atoms with Gasteiger partial charge < -0.3 is 20.3 Å². The Kier molecular flexibility index (Phi) is 12.8. The minimum Gasteiger partial charge on any atom is -0.394 e. The molecule has 0 rings (SSSR count). The average Bonchev–Trinajstić information content (AvgIpc) is 2.45. The summed E-state index contributed by atoms with van der Waals surface area (Å²) in [7, 11) is -2.10. The lowest BCUT2D eigenvalue weighted by atomic mass is 10.1. The number of hydrogen-bond donors (Lipinski definition) is 2. The fourth-order valence-electron chi connectivity index (χ4n) is 2.37. The number of hydrogen-bond acceptors (Lipinski definition) is 4. The molecule has 0 fully saturated rings. The van der Waals surface area contributed by atoms with Gasteiger partial charge in [0, 0.05) is 12.7 Å². The average molecular weight is 305 g/mol. The van der Waals surface area contributed by atoms with E-state index >= 15 is 0 Å². The van der Waals surface area contributed by atoms with Crippen LogP contribution in [-0.2, 0) is 8.85 Å². The largest absolute Gasteiger partial charge is 0.394 e. The van der Waals surface area contributed by atoms with E-state index in [1.807, 2.05) is 0 Å². The van der Waals surface area contributed by atoms with Crippen molar-refractivity contribution in [2.75, 3.05) is 19.7 Å². The molecule has 0 amide bonds. The second-order valence-electron chi connectivity index (χ2n) is 5.46. The van der Waals surface area contributed by atoms with E-state index in [0.29, 0.717) is 13.1 Å². The molecule has 122 valence electrons. The third kappa shape index (κ3) is 8.37. The van der Waals surface area contributed by atoms with E-state index in [0.717, 1.165) is 57.2 Å². The standard InChI is InChI=1S/C15H36N2O2Si/c1-4-7-13-18-20(6-3,14-8-11-16)19-15(9-5-2)10-12-17/h15H,4-14,16-17H2,1-3H3. The van der Waals surface area contributed by atoms with E-state index in [1.165, 1.54) is 0 Å². The molecule has 4 nitrogen and oxygen atoms in total. The summed E-state index contributed by atoms with van der Waals surface area (Å²) in [6.45, 7) is 8.80. The summed E-state index contributed by atoms with van der Waals surface area (Å²) in [5, 5.41) is 0. The second kappa shape index (κ2) is 12.8. The van der Waals surface area contributed by atoms with Crippen molar-refractivity contribution in [2.45, 2.75) is 77.5 Å². The van der Waals surface area contributed by atoms with Crippen molar-refractivity contribution in [1.29, 1.82) is 0 Å². The Morgan fingerprint density at radius 2 is 1.70 bits per heavy atom. The predicted molar refractivity (Wildman–Crippen MR) is 89.0 cm³/mol. The molecular weight excluding hydrogens is 268 g/mol. The maximum absolute atomic E-state index is 6.50. The summed E-state index contributed by atoms with van der Waals surface area (Å²) in [6.07, 6.45) is 6.66. The van der Waals surface area contributed by atoms with Gasteiger partial charge in [0.15, 0.2) is 0 Å². The molecular formula is C15H36N2O2Si. The Bertz CT molecular complexity index is 214. The van der Waals surface area contributed by atoms with E-state index in [9.17, 15) is 0 Å². The monoisotopic (exact) mass is 304 g/mol. The van der Waals surface area contributed by atoms with Gasteiger partial charge in [0.2, 0.25) is 0 Å². The van der Waals surface area contributed by atoms with Gasteiger partial charge in [0.25, 0.3) is 0 Å². The maximum Gasteiger partial charge on any atom is 0.338 e. The van der Waals surface area contributed by atoms with Crippen molar-refractivity contribution < 1.29 is 8.85 Å². The molecule has 0 aliphatic heterocycles. The highest BCUT2D eigenvalue weighted by Gasteiger charge is 2.37. The Morgan fingerprint density at radius 1 is 0.950 bits per heavy atom. The molecule has 4 N–H and O–H groups in total. The maximum atomic E-state index is 6.50. The van der Waals surface area contributed by atoms with Crippen LogP contribution in [0.1, 0.15) is 59.3 Å². The molecule has 5 heteroatoms. The summed E-state index contributed by atoms with van der Waals surface area (Å²) in [5.41, 5.74) is 11.4. The van der Waals surface area contributed by atoms with Gasteiger partial charge in [-0.15, -0.1) is 0 Å². The van der Waals surface area contributed by atoms with E-state index in [2.05, 4.69) is 20.8 Å². The van der Waals surface area contributed by atoms with Gasteiger partial charge >= 0.3 is 8.56 Å². The Labute approximate surface area is 126 Å². The van der Waals surface area contributed by atoms with E-state index in [-0.39, 0.29) is 6.10 Å². The lowest BCUT2D eigenvalue weighted by molar-refractivity contribution is 0.0996. The van der Waals surface area contributed by atoms with Crippen LogP contribution in [0.2, 0.25) is 12.1 Å². The van der Waals surface area contributed by atoms with Gasteiger partial charge in [0.1, 0.15) is 0 Å². The van der Waals surface area contributed by atoms with E-state index in [4.69, 9.17) is 20.3 Å². The van der Waals surface area contributed by atoms with Crippen LogP contribution in [0.25, 0.3) is 0 Å². The molecule has 0 radical (unpaired) electrons. The smallest absolute Gasteiger partial charge is 0.338 e. The first-order valence-electron chi connectivity index (χ1n) is 8.39. The van der Waals surface area contributed by atoms with Gasteiger partial charge in [-0.05, 0) is 50.9 Å². The van der Waals surface area contributed by atoms with Crippen LogP contribution in [0.15, 0.2) is 0 Å². The lowest BCUT2D eigenvalue weighted by Gasteiger charge is -2.34. The SMILES string of the molecule is CCCCO[Si](CC)(CCCN)OC(CCC)CCN. The van der Waals surface area contributed by atoms with Gasteiger partial charge in [-0.25, -0.2) is 0 Å². The molecule has 0 aromatic rings. The normalized spacial score (nSPS) is 16.1. The van der Waals surface area contributed by atoms with Crippen LogP contribution in [0.3, 0.4) is 0 Å². The Morgan fingerprint density at radius 3 is 2.20 bits per heavy atom. The summed E-state index contributed by atoms with van der Waals surface area (Å²) in [5.74, 6) is 0. The van der Waals surface area contributed by atoms with Crippen LogP contribution < -0.4 is 11.5 Å². The zero-order valence-electron chi connectivity index (χ0n) is 13.8. The molecule has 0 saturated carbocycles.